The molecule has 2 rings (SSSR count). The first-order valence-corrected chi connectivity index (χ1v) is 7.47. The first-order valence-electron chi connectivity index (χ1n) is 6.26. The molecule has 2 nitrogen and oxygen atoms in total. The van der Waals surface area contributed by atoms with Crippen LogP contribution in [0.25, 0.3) is 0 Å². The van der Waals surface area contributed by atoms with Crippen LogP contribution in [0.15, 0.2) is 22.7 Å². The summed E-state index contributed by atoms with van der Waals surface area (Å²) in [6.07, 6.45) is 3.75. The molecule has 18 heavy (non-hydrogen) atoms. The molecule has 0 aliphatic heterocycles. The summed E-state index contributed by atoms with van der Waals surface area (Å²) in [6.45, 7) is 4.63. The van der Waals surface area contributed by atoms with Crippen molar-refractivity contribution in [2.45, 2.75) is 39.2 Å². The first-order chi connectivity index (χ1) is 8.42. The van der Waals surface area contributed by atoms with Crippen molar-refractivity contribution >= 4 is 38.8 Å². The molecule has 1 unspecified atom stereocenters. The zero-order valence-electron chi connectivity index (χ0n) is 10.8. The van der Waals surface area contributed by atoms with Gasteiger partial charge < -0.3 is 11.1 Å². The van der Waals surface area contributed by atoms with E-state index >= 15 is 0 Å². The summed E-state index contributed by atoms with van der Waals surface area (Å²) < 4.78 is 0.954. The van der Waals surface area contributed by atoms with Crippen molar-refractivity contribution in [1.29, 1.82) is 0 Å². The number of nitrogens with one attached hydrogen (secondary N) is 1. The van der Waals surface area contributed by atoms with E-state index in [-0.39, 0.29) is 0 Å². The summed E-state index contributed by atoms with van der Waals surface area (Å²) in [5.74, 6) is 0. The lowest BCUT2D eigenvalue weighted by atomic mass is 9.87. The van der Waals surface area contributed by atoms with Gasteiger partial charge in [-0.1, -0.05) is 38.6 Å². The van der Waals surface area contributed by atoms with Crippen LogP contribution in [-0.2, 0) is 0 Å². The van der Waals surface area contributed by atoms with E-state index < -0.39 is 0 Å². The molecule has 3 N–H and O–H groups in total. The van der Waals surface area contributed by atoms with Gasteiger partial charge in [0.25, 0.3) is 0 Å². The van der Waals surface area contributed by atoms with Crippen molar-refractivity contribution in [3.63, 3.8) is 0 Å². The number of thiocarbonyl (C=S) groups is 1. The molecular weight excluding hydrogens is 308 g/mol. The van der Waals surface area contributed by atoms with Crippen molar-refractivity contribution in [3.8, 4) is 0 Å². The molecule has 0 aromatic heterocycles. The Bertz CT molecular complexity index is 471. The number of halogens is 1. The second-order valence-corrected chi connectivity index (χ2v) is 6.90. The molecule has 4 heteroatoms. The third kappa shape index (κ3) is 2.69. The maximum Gasteiger partial charge on any atom is 0.107 e. The molecule has 0 heterocycles. The minimum absolute atomic E-state index is 0.329. The van der Waals surface area contributed by atoms with Crippen LogP contribution < -0.4 is 11.1 Å². The highest BCUT2D eigenvalue weighted by Gasteiger charge is 2.34. The van der Waals surface area contributed by atoms with Gasteiger partial charge in [-0.15, -0.1) is 0 Å². The average molecular weight is 327 g/mol. The first kappa shape index (κ1) is 13.8. The number of anilines is 1. The molecule has 1 atom stereocenters. The fourth-order valence-electron chi connectivity index (χ4n) is 2.68. The monoisotopic (exact) mass is 326 g/mol. The Kier molecular flexibility index (Phi) is 3.97. The summed E-state index contributed by atoms with van der Waals surface area (Å²) >= 11 is 8.66. The number of hydrogen-bond acceptors (Lipinski definition) is 2. The van der Waals surface area contributed by atoms with E-state index in [4.69, 9.17) is 18.0 Å². The standard InChI is InChI=1S/C14H19BrN2S/c1-14(2)8-4-7-11(14)17-10-6-3-5-9(15)12(10)13(16)18/h3,5-6,11,17H,4,7-8H2,1-2H3,(H2,16,18). The molecule has 0 radical (unpaired) electrons. The van der Waals surface area contributed by atoms with Crippen molar-refractivity contribution in [1.82, 2.24) is 0 Å². The maximum atomic E-state index is 5.82. The van der Waals surface area contributed by atoms with Gasteiger partial charge in [-0.2, -0.15) is 0 Å². The lowest BCUT2D eigenvalue weighted by molar-refractivity contribution is 0.350. The van der Waals surface area contributed by atoms with E-state index in [9.17, 15) is 0 Å². The topological polar surface area (TPSA) is 38.0 Å². The van der Waals surface area contributed by atoms with Crippen LogP contribution in [0.3, 0.4) is 0 Å². The molecule has 1 fully saturated rings. The molecule has 1 aliphatic rings. The van der Waals surface area contributed by atoms with Gasteiger partial charge in [-0.3, -0.25) is 0 Å². The highest BCUT2D eigenvalue weighted by atomic mass is 79.9. The Morgan fingerprint density at radius 2 is 2.22 bits per heavy atom. The molecule has 0 spiro atoms. The summed E-state index contributed by atoms with van der Waals surface area (Å²) in [7, 11) is 0. The zero-order chi connectivity index (χ0) is 13.3. The van der Waals surface area contributed by atoms with Crippen LogP contribution >= 0.6 is 28.1 Å². The van der Waals surface area contributed by atoms with Crippen LogP contribution in [0, 0.1) is 5.41 Å². The molecular formula is C14H19BrN2S. The fourth-order valence-corrected chi connectivity index (χ4v) is 3.61. The van der Waals surface area contributed by atoms with Crippen molar-refractivity contribution in [2.24, 2.45) is 11.1 Å². The van der Waals surface area contributed by atoms with Gasteiger partial charge in [-0.25, -0.2) is 0 Å². The zero-order valence-corrected chi connectivity index (χ0v) is 13.2. The van der Waals surface area contributed by atoms with Crippen molar-refractivity contribution < 1.29 is 0 Å². The molecule has 0 saturated heterocycles. The van der Waals surface area contributed by atoms with Crippen LogP contribution in [-0.4, -0.2) is 11.0 Å². The van der Waals surface area contributed by atoms with Crippen LogP contribution in [0.1, 0.15) is 38.7 Å². The minimum atomic E-state index is 0.329. The number of hydrogen-bond donors (Lipinski definition) is 2. The smallest absolute Gasteiger partial charge is 0.107 e. The number of rotatable bonds is 3. The van der Waals surface area contributed by atoms with Crippen molar-refractivity contribution in [2.75, 3.05) is 5.32 Å². The number of nitrogens with two attached hydrogens (primary N) is 1. The summed E-state index contributed by atoms with van der Waals surface area (Å²) in [5, 5.41) is 3.62. The number of benzene rings is 1. The van der Waals surface area contributed by atoms with Crippen LogP contribution in [0.4, 0.5) is 5.69 Å². The molecule has 1 aliphatic carbocycles. The molecule has 1 saturated carbocycles. The summed E-state index contributed by atoms with van der Waals surface area (Å²) in [4.78, 5) is 0.431. The van der Waals surface area contributed by atoms with E-state index in [0.717, 1.165) is 15.7 Å². The minimum Gasteiger partial charge on any atom is -0.389 e. The third-order valence-corrected chi connectivity index (χ3v) is 4.71. The van der Waals surface area contributed by atoms with Gasteiger partial charge in [-0.05, 0) is 46.3 Å². The Morgan fingerprint density at radius 3 is 2.78 bits per heavy atom. The van der Waals surface area contributed by atoms with Gasteiger partial charge in [0.2, 0.25) is 0 Å². The lowest BCUT2D eigenvalue weighted by Crippen LogP contribution is -2.31. The van der Waals surface area contributed by atoms with Gasteiger partial charge >= 0.3 is 0 Å². The Morgan fingerprint density at radius 1 is 1.50 bits per heavy atom. The largest absolute Gasteiger partial charge is 0.389 e. The van der Waals surface area contributed by atoms with Gasteiger partial charge in [0.05, 0.1) is 0 Å². The van der Waals surface area contributed by atoms with Crippen LogP contribution in [0.2, 0.25) is 0 Å². The van der Waals surface area contributed by atoms with Gasteiger partial charge in [0.1, 0.15) is 4.99 Å². The van der Waals surface area contributed by atoms with E-state index in [1.165, 1.54) is 19.3 Å². The van der Waals surface area contributed by atoms with Crippen molar-refractivity contribution in [3.05, 3.63) is 28.2 Å². The van der Waals surface area contributed by atoms with E-state index in [1.807, 2.05) is 18.2 Å². The SMILES string of the molecule is CC1(C)CCCC1Nc1cccc(Br)c1C(N)=S. The molecule has 0 amide bonds. The van der Waals surface area contributed by atoms with Crippen LogP contribution in [0.5, 0.6) is 0 Å². The Hall–Kier alpha value is -0.610. The highest BCUT2D eigenvalue weighted by Crippen LogP contribution is 2.39. The second kappa shape index (κ2) is 5.17. The van der Waals surface area contributed by atoms with Gasteiger partial charge in [0.15, 0.2) is 0 Å². The molecule has 0 bridgehead atoms. The Labute approximate surface area is 122 Å². The normalized spacial score (nSPS) is 21.8. The van der Waals surface area contributed by atoms with E-state index in [1.54, 1.807) is 0 Å². The van der Waals surface area contributed by atoms with E-state index in [2.05, 4.69) is 35.1 Å². The fraction of sp³-hybridized carbons (Fsp3) is 0.500. The summed E-state index contributed by atoms with van der Waals surface area (Å²) in [6, 6.07) is 6.52. The molecule has 1 aromatic rings. The van der Waals surface area contributed by atoms with Gasteiger partial charge in [0, 0.05) is 21.8 Å². The predicted octanol–water partition coefficient (Wildman–Crippen LogP) is 4.07. The van der Waals surface area contributed by atoms with E-state index in [0.29, 0.717) is 16.4 Å². The predicted molar refractivity (Wildman–Crippen MR) is 85.1 cm³/mol. The Balaban J connectivity index is 2.29. The molecule has 98 valence electrons. The second-order valence-electron chi connectivity index (χ2n) is 5.60. The quantitative estimate of drug-likeness (QED) is 0.822. The third-order valence-electron chi connectivity index (χ3n) is 3.85. The lowest BCUT2D eigenvalue weighted by Gasteiger charge is -2.29. The average Bonchev–Trinajstić information content (AvgIpc) is 2.58. The maximum absolute atomic E-state index is 5.82. The molecule has 1 aromatic carbocycles. The summed E-state index contributed by atoms with van der Waals surface area (Å²) in [5.41, 5.74) is 8.10. The highest BCUT2D eigenvalue weighted by molar-refractivity contribution is 9.10.